The first-order valence-electron chi connectivity index (χ1n) is 6.35. The minimum atomic E-state index is -3.38. The van der Waals surface area contributed by atoms with Crippen LogP contribution in [0.5, 0.6) is 0 Å². The van der Waals surface area contributed by atoms with Gasteiger partial charge in [0, 0.05) is 6.92 Å². The molecule has 9 nitrogen and oxygen atoms in total. The smallest absolute Gasteiger partial charge is 0.267 e. The number of ketones is 4. The second kappa shape index (κ2) is 5.28. The van der Waals surface area contributed by atoms with E-state index < -0.39 is 52.3 Å². The Morgan fingerprint density at radius 2 is 1.36 bits per heavy atom. The number of aliphatic hydroxyl groups excluding tert-OH is 1. The Balaban J connectivity index is 3.75. The number of carbonyl (C=O) groups is 4. The molecule has 9 heteroatoms. The third-order valence-electron chi connectivity index (χ3n) is 3.98. The molecule has 0 aromatic rings. The standard InChI is InChI=1S/C13H18O9/c1-5(14)9(18)10-11(19,6(2)15)12(20,7(3)16)13(21,22-10)8(4)17/h9-10,18-21H,1-4H3/t9?,10-,11-,12-,13-/m1/s1. The van der Waals surface area contributed by atoms with Crippen LogP contribution < -0.4 is 0 Å². The minimum Gasteiger partial charge on any atom is -0.382 e. The van der Waals surface area contributed by atoms with E-state index in [1.54, 1.807) is 0 Å². The molecule has 0 spiro atoms. The molecule has 5 atom stereocenters. The van der Waals surface area contributed by atoms with Gasteiger partial charge in [-0.25, -0.2) is 0 Å². The number of rotatable bonds is 5. The van der Waals surface area contributed by atoms with Gasteiger partial charge >= 0.3 is 0 Å². The highest BCUT2D eigenvalue weighted by Crippen LogP contribution is 2.48. The van der Waals surface area contributed by atoms with Crippen LogP contribution in [0.15, 0.2) is 0 Å². The van der Waals surface area contributed by atoms with Crippen molar-refractivity contribution in [2.75, 3.05) is 0 Å². The average molecular weight is 318 g/mol. The summed E-state index contributed by atoms with van der Waals surface area (Å²) in [6.45, 7) is 3.11. The predicted molar refractivity (Wildman–Crippen MR) is 68.5 cm³/mol. The molecule has 0 saturated carbocycles. The Morgan fingerprint density at radius 1 is 0.909 bits per heavy atom. The Hall–Kier alpha value is -1.52. The Bertz CT molecular complexity index is 556. The summed E-state index contributed by atoms with van der Waals surface area (Å²) in [6, 6.07) is 0. The monoisotopic (exact) mass is 318 g/mol. The van der Waals surface area contributed by atoms with Gasteiger partial charge in [-0.1, -0.05) is 0 Å². The maximum absolute atomic E-state index is 11.8. The van der Waals surface area contributed by atoms with Gasteiger partial charge in [0.15, 0.2) is 28.7 Å². The van der Waals surface area contributed by atoms with E-state index in [0.29, 0.717) is 6.92 Å². The van der Waals surface area contributed by atoms with E-state index in [-0.39, 0.29) is 0 Å². The predicted octanol–water partition coefficient (Wildman–Crippen LogP) is -2.75. The van der Waals surface area contributed by atoms with Gasteiger partial charge in [-0.05, 0) is 20.8 Å². The van der Waals surface area contributed by atoms with E-state index in [1.165, 1.54) is 0 Å². The van der Waals surface area contributed by atoms with Crippen LogP contribution in [0.1, 0.15) is 27.7 Å². The lowest BCUT2D eigenvalue weighted by atomic mass is 9.69. The quantitative estimate of drug-likeness (QED) is 0.421. The fourth-order valence-corrected chi connectivity index (χ4v) is 2.62. The zero-order valence-electron chi connectivity index (χ0n) is 12.5. The van der Waals surface area contributed by atoms with Crippen molar-refractivity contribution < 1.29 is 44.3 Å². The normalized spacial score (nSPS) is 39.4. The molecule has 0 aromatic carbocycles. The molecular weight excluding hydrogens is 300 g/mol. The van der Waals surface area contributed by atoms with E-state index in [2.05, 4.69) is 0 Å². The van der Waals surface area contributed by atoms with Gasteiger partial charge < -0.3 is 25.2 Å². The van der Waals surface area contributed by atoms with Crippen LogP contribution in [-0.4, -0.2) is 72.8 Å². The van der Waals surface area contributed by atoms with E-state index >= 15 is 0 Å². The summed E-state index contributed by atoms with van der Waals surface area (Å²) in [5, 5.41) is 41.1. The summed E-state index contributed by atoms with van der Waals surface area (Å²) in [6.07, 6.45) is -4.36. The molecule has 1 aliphatic heterocycles. The number of Topliss-reactive ketones (excluding diaryl/α,β-unsaturated/α-hetero) is 4. The molecule has 0 bridgehead atoms. The molecule has 0 amide bonds. The van der Waals surface area contributed by atoms with Gasteiger partial charge in [0.05, 0.1) is 0 Å². The number of ether oxygens (including phenoxy) is 1. The summed E-state index contributed by atoms with van der Waals surface area (Å²) in [5.74, 6) is -8.17. The molecule has 4 N–H and O–H groups in total. The van der Waals surface area contributed by atoms with Crippen molar-refractivity contribution in [1.82, 2.24) is 0 Å². The highest BCUT2D eigenvalue weighted by atomic mass is 16.7. The fraction of sp³-hybridized carbons (Fsp3) is 0.692. The number of aliphatic hydroxyl groups is 4. The summed E-state index contributed by atoms with van der Waals surface area (Å²) < 4.78 is 4.78. The highest BCUT2D eigenvalue weighted by Gasteiger charge is 2.80. The van der Waals surface area contributed by atoms with Gasteiger partial charge in [-0.3, -0.25) is 19.2 Å². The van der Waals surface area contributed by atoms with Crippen LogP contribution in [-0.2, 0) is 23.9 Å². The van der Waals surface area contributed by atoms with E-state index in [0.717, 1.165) is 20.8 Å². The second-order valence-corrected chi connectivity index (χ2v) is 5.38. The maximum Gasteiger partial charge on any atom is 0.267 e. The lowest BCUT2D eigenvalue weighted by molar-refractivity contribution is -0.250. The van der Waals surface area contributed by atoms with Crippen LogP contribution in [0.3, 0.4) is 0 Å². The minimum absolute atomic E-state index is 0.716. The van der Waals surface area contributed by atoms with Crippen molar-refractivity contribution in [3.8, 4) is 0 Å². The maximum atomic E-state index is 11.8. The van der Waals surface area contributed by atoms with E-state index in [4.69, 9.17) is 4.74 Å². The highest BCUT2D eigenvalue weighted by molar-refractivity contribution is 6.05. The first kappa shape index (κ1) is 18.5. The molecule has 1 saturated heterocycles. The molecule has 1 heterocycles. The largest absolute Gasteiger partial charge is 0.382 e. The van der Waals surface area contributed by atoms with Gasteiger partial charge in [0.25, 0.3) is 5.79 Å². The molecule has 0 aromatic heterocycles. The number of carbonyl (C=O) groups excluding carboxylic acids is 4. The zero-order chi connectivity index (χ0) is 17.7. The third kappa shape index (κ3) is 1.97. The first-order chi connectivity index (χ1) is 9.78. The summed E-state index contributed by atoms with van der Waals surface area (Å²) >= 11 is 0. The fourth-order valence-electron chi connectivity index (χ4n) is 2.62. The van der Waals surface area contributed by atoms with Gasteiger partial charge in [-0.15, -0.1) is 0 Å². The summed E-state index contributed by atoms with van der Waals surface area (Å²) in [5.41, 5.74) is -6.57. The molecule has 0 aliphatic carbocycles. The molecule has 0 radical (unpaired) electrons. The molecule has 1 unspecified atom stereocenters. The SMILES string of the molecule is CC(=O)C(O)[C@H]1O[C@](O)(C(C)=O)[C@@](O)(C(C)=O)[C@@]1(O)C(C)=O. The first-order valence-corrected chi connectivity index (χ1v) is 6.35. The van der Waals surface area contributed by atoms with Crippen LogP contribution in [0, 0.1) is 0 Å². The summed E-state index contributed by atoms with van der Waals surface area (Å²) in [4.78, 5) is 46.7. The number of hydrogen-bond acceptors (Lipinski definition) is 9. The Labute approximate surface area is 125 Å². The van der Waals surface area contributed by atoms with Crippen molar-refractivity contribution in [3.05, 3.63) is 0 Å². The molecule has 124 valence electrons. The molecule has 1 fully saturated rings. The number of hydrogen-bond donors (Lipinski definition) is 4. The van der Waals surface area contributed by atoms with Gasteiger partial charge in [0.1, 0.15) is 12.2 Å². The van der Waals surface area contributed by atoms with Crippen molar-refractivity contribution in [2.45, 2.75) is 56.9 Å². The van der Waals surface area contributed by atoms with E-state index in [9.17, 15) is 39.6 Å². The zero-order valence-corrected chi connectivity index (χ0v) is 12.5. The van der Waals surface area contributed by atoms with Crippen LogP contribution >= 0.6 is 0 Å². The molecule has 1 rings (SSSR count). The van der Waals surface area contributed by atoms with Gasteiger partial charge in [-0.2, -0.15) is 0 Å². The molecule has 1 aliphatic rings. The molecular formula is C13H18O9. The van der Waals surface area contributed by atoms with Crippen molar-refractivity contribution in [1.29, 1.82) is 0 Å². The lowest BCUT2D eigenvalue weighted by Crippen LogP contribution is -2.73. The lowest BCUT2D eigenvalue weighted by Gasteiger charge is -2.39. The van der Waals surface area contributed by atoms with Crippen LogP contribution in [0.2, 0.25) is 0 Å². The van der Waals surface area contributed by atoms with E-state index in [1.807, 2.05) is 0 Å². The average Bonchev–Trinajstić information content (AvgIpc) is 2.59. The summed E-state index contributed by atoms with van der Waals surface area (Å²) in [7, 11) is 0. The van der Waals surface area contributed by atoms with Crippen molar-refractivity contribution in [3.63, 3.8) is 0 Å². The van der Waals surface area contributed by atoms with Crippen LogP contribution in [0.25, 0.3) is 0 Å². The topological polar surface area (TPSA) is 158 Å². The Morgan fingerprint density at radius 3 is 1.64 bits per heavy atom. The second-order valence-electron chi connectivity index (χ2n) is 5.38. The van der Waals surface area contributed by atoms with Crippen molar-refractivity contribution >= 4 is 23.1 Å². The van der Waals surface area contributed by atoms with Crippen LogP contribution in [0.4, 0.5) is 0 Å². The molecule has 22 heavy (non-hydrogen) atoms. The third-order valence-corrected chi connectivity index (χ3v) is 3.98. The Kier molecular flexibility index (Phi) is 4.45. The van der Waals surface area contributed by atoms with Crippen molar-refractivity contribution in [2.24, 2.45) is 0 Å². The van der Waals surface area contributed by atoms with Gasteiger partial charge in [0.2, 0.25) is 5.60 Å².